The van der Waals surface area contributed by atoms with Crippen molar-refractivity contribution in [1.29, 1.82) is 0 Å². The summed E-state index contributed by atoms with van der Waals surface area (Å²) in [6.07, 6.45) is 2.12. The molecule has 1 aromatic carbocycles. The summed E-state index contributed by atoms with van der Waals surface area (Å²) in [7, 11) is 0. The molecule has 0 bridgehead atoms. The number of fused-ring (bicyclic) bond motifs is 2. The Morgan fingerprint density at radius 1 is 1.35 bits per heavy atom. The number of para-hydroxylation sites is 2. The summed E-state index contributed by atoms with van der Waals surface area (Å²) in [5.41, 5.74) is 3.62. The Bertz CT molecular complexity index is 898. The molecule has 1 unspecified atom stereocenters. The average molecular weight is 325 g/mol. The topological polar surface area (TPSA) is 49.0 Å². The summed E-state index contributed by atoms with van der Waals surface area (Å²) >= 11 is 1.85. The van der Waals surface area contributed by atoms with Crippen molar-refractivity contribution in [3.05, 3.63) is 62.2 Å². The normalized spacial score (nSPS) is 18.2. The number of rotatable bonds is 3. The second kappa shape index (κ2) is 5.91. The maximum absolute atomic E-state index is 12.4. The second-order valence-electron chi connectivity index (χ2n) is 5.97. The molecule has 0 saturated heterocycles. The molecule has 2 aromatic heterocycles. The third-order valence-corrected chi connectivity index (χ3v) is 5.61. The number of aromatic amines is 1. The van der Waals surface area contributed by atoms with Crippen LogP contribution in [0.4, 0.5) is 0 Å². The maximum Gasteiger partial charge on any atom is 0.271 e. The highest BCUT2D eigenvalue weighted by atomic mass is 32.1. The lowest BCUT2D eigenvalue weighted by Gasteiger charge is -2.34. The van der Waals surface area contributed by atoms with E-state index in [1.54, 1.807) is 0 Å². The number of H-pyrrole nitrogens is 1. The molecular formula is C18H19N3OS. The number of hydrogen-bond acceptors (Lipinski definition) is 4. The predicted octanol–water partition coefficient (Wildman–Crippen LogP) is 3.49. The molecule has 23 heavy (non-hydrogen) atoms. The highest BCUT2D eigenvalue weighted by Crippen LogP contribution is 2.35. The zero-order chi connectivity index (χ0) is 15.8. The van der Waals surface area contributed by atoms with Gasteiger partial charge in [-0.05, 0) is 42.0 Å². The standard InChI is InChI=1S/C18H19N3OS/c1-2-16-12-8-10-23-17(12)7-9-21(16)11-15-18(22)20-14-6-4-3-5-13(14)19-15/h3-6,8,10,16H,2,7,9,11H2,1H3,(H,20,22). The van der Waals surface area contributed by atoms with E-state index in [2.05, 4.69) is 33.2 Å². The van der Waals surface area contributed by atoms with Crippen LogP contribution in [0.5, 0.6) is 0 Å². The van der Waals surface area contributed by atoms with Crippen molar-refractivity contribution in [2.75, 3.05) is 6.54 Å². The van der Waals surface area contributed by atoms with Gasteiger partial charge in [0.05, 0.1) is 11.0 Å². The van der Waals surface area contributed by atoms with Gasteiger partial charge in [0.2, 0.25) is 0 Å². The monoisotopic (exact) mass is 325 g/mol. The maximum atomic E-state index is 12.4. The van der Waals surface area contributed by atoms with Gasteiger partial charge in [-0.1, -0.05) is 19.1 Å². The summed E-state index contributed by atoms with van der Waals surface area (Å²) < 4.78 is 0. The Morgan fingerprint density at radius 2 is 2.22 bits per heavy atom. The van der Waals surface area contributed by atoms with E-state index in [-0.39, 0.29) is 5.56 Å². The zero-order valence-electron chi connectivity index (χ0n) is 13.1. The van der Waals surface area contributed by atoms with Crippen LogP contribution in [0.15, 0.2) is 40.5 Å². The minimum absolute atomic E-state index is 0.0744. The van der Waals surface area contributed by atoms with Gasteiger partial charge in [-0.25, -0.2) is 4.98 Å². The van der Waals surface area contributed by atoms with Gasteiger partial charge in [-0.2, -0.15) is 0 Å². The Morgan fingerprint density at radius 3 is 3.09 bits per heavy atom. The number of nitrogens with one attached hydrogen (secondary N) is 1. The van der Waals surface area contributed by atoms with E-state index >= 15 is 0 Å². The van der Waals surface area contributed by atoms with Crippen LogP contribution in [-0.2, 0) is 13.0 Å². The molecule has 3 aromatic rings. The molecule has 0 saturated carbocycles. The smallest absolute Gasteiger partial charge is 0.271 e. The number of aromatic nitrogens is 2. The van der Waals surface area contributed by atoms with E-state index in [1.807, 2.05) is 35.6 Å². The van der Waals surface area contributed by atoms with Gasteiger partial charge < -0.3 is 4.98 Å². The van der Waals surface area contributed by atoms with Crippen LogP contribution in [0.2, 0.25) is 0 Å². The molecule has 0 fully saturated rings. The van der Waals surface area contributed by atoms with Gasteiger partial charge in [-0.15, -0.1) is 11.3 Å². The molecule has 1 aliphatic rings. The van der Waals surface area contributed by atoms with Crippen molar-refractivity contribution in [2.45, 2.75) is 32.4 Å². The number of nitrogens with zero attached hydrogens (tertiary/aromatic N) is 2. The Hall–Kier alpha value is -1.98. The third-order valence-electron chi connectivity index (χ3n) is 4.62. The first kappa shape index (κ1) is 14.6. The lowest BCUT2D eigenvalue weighted by molar-refractivity contribution is 0.170. The van der Waals surface area contributed by atoms with Crippen LogP contribution in [-0.4, -0.2) is 21.4 Å². The minimum atomic E-state index is -0.0744. The molecule has 118 valence electrons. The van der Waals surface area contributed by atoms with E-state index < -0.39 is 0 Å². The lowest BCUT2D eigenvalue weighted by atomic mass is 9.97. The molecular weight excluding hydrogens is 306 g/mol. The van der Waals surface area contributed by atoms with E-state index in [0.717, 1.165) is 30.4 Å². The van der Waals surface area contributed by atoms with E-state index in [1.165, 1.54) is 10.4 Å². The van der Waals surface area contributed by atoms with Gasteiger partial charge in [0, 0.05) is 24.0 Å². The van der Waals surface area contributed by atoms with E-state index in [9.17, 15) is 4.79 Å². The van der Waals surface area contributed by atoms with Gasteiger partial charge in [-0.3, -0.25) is 9.69 Å². The molecule has 4 rings (SSSR count). The quantitative estimate of drug-likeness (QED) is 0.802. The summed E-state index contributed by atoms with van der Waals surface area (Å²) in [4.78, 5) is 23.8. The Labute approximate surface area is 138 Å². The molecule has 4 nitrogen and oxygen atoms in total. The van der Waals surface area contributed by atoms with E-state index in [0.29, 0.717) is 18.3 Å². The number of hydrogen-bond donors (Lipinski definition) is 1. The molecule has 1 aliphatic heterocycles. The van der Waals surface area contributed by atoms with Gasteiger partial charge in [0.15, 0.2) is 0 Å². The fraction of sp³-hybridized carbons (Fsp3) is 0.333. The first-order chi connectivity index (χ1) is 11.3. The van der Waals surface area contributed by atoms with Crippen molar-refractivity contribution in [3.8, 4) is 0 Å². The Kier molecular flexibility index (Phi) is 3.75. The highest BCUT2D eigenvalue weighted by molar-refractivity contribution is 7.10. The van der Waals surface area contributed by atoms with E-state index in [4.69, 9.17) is 0 Å². The summed E-state index contributed by atoms with van der Waals surface area (Å²) in [6.45, 7) is 3.80. The SMILES string of the molecule is CCC1c2ccsc2CCN1Cc1nc2ccccc2[nH]c1=O. The van der Waals surface area contributed by atoms with Crippen LogP contribution in [0.1, 0.15) is 35.5 Å². The van der Waals surface area contributed by atoms with Gasteiger partial charge in [0.25, 0.3) is 5.56 Å². The Balaban J connectivity index is 1.68. The van der Waals surface area contributed by atoms with Crippen LogP contribution >= 0.6 is 11.3 Å². The van der Waals surface area contributed by atoms with Crippen molar-refractivity contribution in [1.82, 2.24) is 14.9 Å². The van der Waals surface area contributed by atoms with Crippen LogP contribution in [0.25, 0.3) is 11.0 Å². The minimum Gasteiger partial charge on any atom is -0.319 e. The van der Waals surface area contributed by atoms with Crippen molar-refractivity contribution < 1.29 is 0 Å². The molecule has 1 N–H and O–H groups in total. The molecule has 5 heteroatoms. The second-order valence-corrected chi connectivity index (χ2v) is 6.97. The van der Waals surface area contributed by atoms with Crippen LogP contribution in [0.3, 0.4) is 0 Å². The number of thiophene rings is 1. The zero-order valence-corrected chi connectivity index (χ0v) is 13.9. The first-order valence-corrected chi connectivity index (χ1v) is 8.92. The predicted molar refractivity (Wildman–Crippen MR) is 93.8 cm³/mol. The van der Waals surface area contributed by atoms with Gasteiger partial charge >= 0.3 is 0 Å². The highest BCUT2D eigenvalue weighted by Gasteiger charge is 2.27. The summed E-state index contributed by atoms with van der Waals surface area (Å²) in [5, 5.41) is 2.18. The van der Waals surface area contributed by atoms with Crippen molar-refractivity contribution >= 4 is 22.4 Å². The van der Waals surface area contributed by atoms with Crippen molar-refractivity contribution in [2.24, 2.45) is 0 Å². The third kappa shape index (κ3) is 2.60. The molecule has 0 radical (unpaired) electrons. The summed E-state index contributed by atoms with van der Waals surface area (Å²) in [6, 6.07) is 10.3. The molecule has 0 spiro atoms. The fourth-order valence-corrected chi connectivity index (χ4v) is 4.41. The van der Waals surface area contributed by atoms with Gasteiger partial charge in [0.1, 0.15) is 5.69 Å². The van der Waals surface area contributed by atoms with Crippen molar-refractivity contribution in [3.63, 3.8) is 0 Å². The summed E-state index contributed by atoms with van der Waals surface area (Å²) in [5.74, 6) is 0. The largest absolute Gasteiger partial charge is 0.319 e. The fourth-order valence-electron chi connectivity index (χ4n) is 3.48. The van der Waals surface area contributed by atoms with Crippen LogP contribution < -0.4 is 5.56 Å². The molecule has 0 aliphatic carbocycles. The number of benzene rings is 1. The first-order valence-electron chi connectivity index (χ1n) is 8.04. The average Bonchev–Trinajstić information content (AvgIpc) is 3.04. The molecule has 3 heterocycles. The lowest BCUT2D eigenvalue weighted by Crippen LogP contribution is -2.36. The molecule has 1 atom stereocenters. The van der Waals surface area contributed by atoms with Crippen LogP contribution in [0, 0.1) is 0 Å². The molecule has 0 amide bonds.